The van der Waals surface area contributed by atoms with E-state index in [2.05, 4.69) is 11.3 Å². The first-order valence-corrected chi connectivity index (χ1v) is 14.0. The van der Waals surface area contributed by atoms with E-state index in [1.54, 1.807) is 39.5 Å². The topological polar surface area (TPSA) is 77.1 Å². The molecule has 2 aliphatic rings. The Bertz CT molecular complexity index is 1050. The van der Waals surface area contributed by atoms with E-state index in [0.717, 1.165) is 6.07 Å². The van der Waals surface area contributed by atoms with Crippen LogP contribution in [0.4, 0.5) is 13.2 Å². The van der Waals surface area contributed by atoms with E-state index in [1.165, 1.54) is 12.1 Å². The largest absolute Gasteiger partial charge is 0.489 e. The molecular weight excluding hydrogens is 545 g/mol. The van der Waals surface area contributed by atoms with Gasteiger partial charge in [0.1, 0.15) is 12.4 Å². The lowest BCUT2D eigenvalue weighted by molar-refractivity contribution is -0.161. The lowest BCUT2D eigenvalue weighted by Crippen LogP contribution is -2.47. The lowest BCUT2D eigenvalue weighted by Gasteiger charge is -2.38. The van der Waals surface area contributed by atoms with E-state index in [1.807, 2.05) is 0 Å². The van der Waals surface area contributed by atoms with Crippen molar-refractivity contribution in [3.8, 4) is 5.75 Å². The molecule has 2 heterocycles. The van der Waals surface area contributed by atoms with Crippen LogP contribution in [0.2, 0.25) is 5.02 Å². The molecule has 0 bridgehead atoms. The van der Waals surface area contributed by atoms with Crippen molar-refractivity contribution in [2.75, 3.05) is 26.3 Å². The summed E-state index contributed by atoms with van der Waals surface area (Å²) in [6, 6.07) is 1.48. The zero-order chi connectivity index (χ0) is 28.5. The number of nitrogens with zero attached hydrogens (tertiary/aromatic N) is 1. The van der Waals surface area contributed by atoms with Crippen molar-refractivity contribution in [3.05, 3.63) is 40.9 Å². The molecule has 214 valence electrons. The Morgan fingerprint density at radius 3 is 2.45 bits per heavy atom. The number of nitrogens with one attached hydrogen (secondary N) is 1. The van der Waals surface area contributed by atoms with Crippen LogP contribution in [0.5, 0.6) is 5.75 Å². The van der Waals surface area contributed by atoms with E-state index in [9.17, 15) is 22.2 Å². The smallest absolute Gasteiger partial charge is 0.417 e. The fourth-order valence-corrected chi connectivity index (χ4v) is 5.66. The monoisotopic (exact) mass is 580 g/mol. The standard InChI is InChI=1S/C26H36ClF3N2O5S/c1-7-12-35-20-14-18(26(28,29)30)19(27)13-17(20)22(31-38(34)24(2,3)4)16-8-10-32(11-9-16)23(33)21-15-36-25(5,6)37-21/h7,13-14,16,21-22,31H,1,8-12,15H2,2-6H3/t21-,22-,38+/m1/s1. The molecule has 3 rings (SSSR count). The normalized spacial score (nSPS) is 22.2. The van der Waals surface area contributed by atoms with E-state index in [0.29, 0.717) is 31.5 Å². The summed E-state index contributed by atoms with van der Waals surface area (Å²) in [5.41, 5.74) is -0.638. The molecule has 1 amide bonds. The van der Waals surface area contributed by atoms with Crippen LogP contribution in [0, 0.1) is 5.92 Å². The van der Waals surface area contributed by atoms with Gasteiger partial charge in [-0.25, -0.2) is 8.93 Å². The van der Waals surface area contributed by atoms with E-state index in [4.69, 9.17) is 25.8 Å². The third-order valence-electron chi connectivity index (χ3n) is 6.49. The Morgan fingerprint density at radius 1 is 1.32 bits per heavy atom. The van der Waals surface area contributed by atoms with Crippen molar-refractivity contribution in [1.82, 2.24) is 9.62 Å². The van der Waals surface area contributed by atoms with Gasteiger partial charge in [0.2, 0.25) is 0 Å². The summed E-state index contributed by atoms with van der Waals surface area (Å²) in [7, 11) is -1.55. The van der Waals surface area contributed by atoms with Gasteiger partial charge >= 0.3 is 6.18 Å². The molecule has 1 N–H and O–H groups in total. The molecule has 38 heavy (non-hydrogen) atoms. The summed E-state index contributed by atoms with van der Waals surface area (Å²) < 4.78 is 73.4. The SMILES string of the molecule is C=CCOc1cc(C(F)(F)F)c(Cl)cc1[C@H](N[S@@](=O)C(C)(C)C)C1CCN(C(=O)[C@H]2COC(C)(C)O2)CC1. The maximum absolute atomic E-state index is 13.6. The molecule has 0 aromatic heterocycles. The molecule has 0 unspecified atom stereocenters. The minimum Gasteiger partial charge on any atom is -0.489 e. The molecular formula is C26H36ClF3N2O5S. The summed E-state index contributed by atoms with van der Waals surface area (Å²) in [6.45, 7) is 13.4. The number of likely N-dealkylation sites (tertiary alicyclic amines) is 1. The Labute approximate surface area is 229 Å². The third-order valence-corrected chi connectivity index (χ3v) is 8.39. The number of carbonyl (C=O) groups is 1. The first-order chi connectivity index (χ1) is 17.5. The van der Waals surface area contributed by atoms with Crippen molar-refractivity contribution >= 4 is 28.5 Å². The summed E-state index contributed by atoms with van der Waals surface area (Å²) in [4.78, 5) is 14.7. The average molecular weight is 581 g/mol. The molecule has 3 atom stereocenters. The molecule has 0 saturated carbocycles. The number of ether oxygens (including phenoxy) is 3. The van der Waals surface area contributed by atoms with Gasteiger partial charge in [0.25, 0.3) is 5.91 Å². The minimum atomic E-state index is -4.68. The summed E-state index contributed by atoms with van der Waals surface area (Å²) in [6.07, 6.45) is -2.90. The highest BCUT2D eigenvalue weighted by Gasteiger charge is 2.42. The van der Waals surface area contributed by atoms with Crippen LogP contribution in [0.25, 0.3) is 0 Å². The second-order valence-corrected chi connectivity index (χ2v) is 13.3. The zero-order valence-corrected chi connectivity index (χ0v) is 23.9. The molecule has 2 fully saturated rings. The van der Waals surface area contributed by atoms with Crippen molar-refractivity contribution in [3.63, 3.8) is 0 Å². The number of hydrogen-bond acceptors (Lipinski definition) is 5. The fourth-order valence-electron chi connectivity index (χ4n) is 4.47. The van der Waals surface area contributed by atoms with Gasteiger partial charge < -0.3 is 19.1 Å². The van der Waals surface area contributed by atoms with Crippen molar-refractivity contribution < 1.29 is 36.4 Å². The number of hydrogen-bond donors (Lipinski definition) is 1. The molecule has 2 saturated heterocycles. The average Bonchev–Trinajstić information content (AvgIpc) is 3.19. The summed E-state index contributed by atoms with van der Waals surface area (Å²) in [5.74, 6) is -1.16. The molecule has 7 nitrogen and oxygen atoms in total. The van der Waals surface area contributed by atoms with Crippen LogP contribution in [-0.2, 0) is 31.4 Å². The minimum absolute atomic E-state index is 0.0118. The van der Waals surface area contributed by atoms with E-state index in [-0.39, 0.29) is 30.8 Å². The number of benzene rings is 1. The van der Waals surface area contributed by atoms with Crippen LogP contribution < -0.4 is 9.46 Å². The van der Waals surface area contributed by atoms with Crippen molar-refractivity contribution in [2.45, 2.75) is 76.3 Å². The van der Waals surface area contributed by atoms with Crippen molar-refractivity contribution in [2.24, 2.45) is 5.92 Å². The molecule has 1 aromatic rings. The Hall–Kier alpha value is -1.66. The highest BCUT2D eigenvalue weighted by molar-refractivity contribution is 7.84. The third kappa shape index (κ3) is 7.50. The van der Waals surface area contributed by atoms with E-state index < -0.39 is 50.4 Å². The molecule has 2 aliphatic heterocycles. The van der Waals surface area contributed by atoms with Gasteiger partial charge in [-0.1, -0.05) is 24.3 Å². The van der Waals surface area contributed by atoms with Gasteiger partial charge in [0.05, 0.1) is 39.0 Å². The molecule has 12 heteroatoms. The summed E-state index contributed by atoms with van der Waals surface area (Å²) in [5, 5.41) is -0.472. The Morgan fingerprint density at radius 2 is 1.95 bits per heavy atom. The number of rotatable bonds is 8. The van der Waals surface area contributed by atoms with Crippen LogP contribution in [0.3, 0.4) is 0 Å². The maximum Gasteiger partial charge on any atom is 0.417 e. The highest BCUT2D eigenvalue weighted by Crippen LogP contribution is 2.43. The molecule has 0 radical (unpaired) electrons. The number of carbonyl (C=O) groups excluding carboxylic acids is 1. The quantitative estimate of drug-likeness (QED) is 0.416. The van der Waals surface area contributed by atoms with Gasteiger partial charge in [-0.3, -0.25) is 4.79 Å². The van der Waals surface area contributed by atoms with Gasteiger partial charge in [-0.2, -0.15) is 13.2 Å². The Kier molecular flexibility index (Phi) is 9.62. The lowest BCUT2D eigenvalue weighted by atomic mass is 9.85. The van der Waals surface area contributed by atoms with Gasteiger partial charge in [-0.05, 0) is 65.5 Å². The molecule has 1 aromatic carbocycles. The van der Waals surface area contributed by atoms with Crippen LogP contribution in [0.15, 0.2) is 24.8 Å². The fraction of sp³-hybridized carbons (Fsp3) is 0.654. The van der Waals surface area contributed by atoms with Gasteiger partial charge in [0, 0.05) is 18.7 Å². The van der Waals surface area contributed by atoms with E-state index >= 15 is 0 Å². The highest BCUT2D eigenvalue weighted by atomic mass is 35.5. The Balaban J connectivity index is 1.91. The predicted molar refractivity (Wildman–Crippen MR) is 140 cm³/mol. The van der Waals surface area contributed by atoms with Gasteiger partial charge in [0.15, 0.2) is 11.9 Å². The summed E-state index contributed by atoms with van der Waals surface area (Å²) >= 11 is 6.11. The van der Waals surface area contributed by atoms with Crippen LogP contribution in [0.1, 0.15) is 64.6 Å². The number of alkyl halides is 3. The number of halogens is 4. The first kappa shape index (κ1) is 30.9. The number of piperidine rings is 1. The molecule has 0 spiro atoms. The van der Waals surface area contributed by atoms with Gasteiger partial charge in [-0.15, -0.1) is 0 Å². The molecule has 0 aliphatic carbocycles. The second kappa shape index (κ2) is 11.8. The maximum atomic E-state index is 13.6. The zero-order valence-electron chi connectivity index (χ0n) is 22.3. The van der Waals surface area contributed by atoms with Crippen LogP contribution in [-0.4, -0.2) is 58.0 Å². The predicted octanol–water partition coefficient (Wildman–Crippen LogP) is 5.41. The van der Waals surface area contributed by atoms with Crippen LogP contribution >= 0.6 is 11.6 Å². The second-order valence-electron chi connectivity index (χ2n) is 10.9. The van der Waals surface area contributed by atoms with Crippen molar-refractivity contribution in [1.29, 1.82) is 0 Å². The first-order valence-electron chi connectivity index (χ1n) is 12.5. The number of amides is 1.